The molecule has 0 saturated carbocycles. The van der Waals surface area contributed by atoms with Crippen molar-refractivity contribution in [3.8, 4) is 22.5 Å². The Bertz CT molecular complexity index is 1820. The summed E-state index contributed by atoms with van der Waals surface area (Å²) in [6.07, 6.45) is 3.37. The van der Waals surface area contributed by atoms with Crippen molar-refractivity contribution in [3.63, 3.8) is 0 Å². The fraction of sp³-hybridized carbons (Fsp3) is 0. The molecule has 0 aliphatic rings. The van der Waals surface area contributed by atoms with Gasteiger partial charge in [-0.1, -0.05) is 54.1 Å². The van der Waals surface area contributed by atoms with Crippen LogP contribution in [-0.2, 0) is 10.0 Å². The van der Waals surface area contributed by atoms with Crippen LogP contribution in [0.25, 0.3) is 44.3 Å². The Labute approximate surface area is 212 Å². The number of furan rings is 1. The normalized spacial score (nSPS) is 11.7. The van der Waals surface area contributed by atoms with Crippen LogP contribution in [0.5, 0.6) is 0 Å². The van der Waals surface area contributed by atoms with Gasteiger partial charge >= 0.3 is 0 Å². The molecule has 0 saturated heterocycles. The number of aromatic nitrogens is 2. The molecule has 3 heterocycles. The van der Waals surface area contributed by atoms with Gasteiger partial charge in [-0.05, 0) is 54.1 Å². The third-order valence-corrected chi connectivity index (χ3v) is 7.59. The molecule has 0 aliphatic heterocycles. The number of hydrogen-bond acceptors (Lipinski definition) is 5. The summed E-state index contributed by atoms with van der Waals surface area (Å²) in [5, 5.41) is 1.98. The molecule has 0 radical (unpaired) electrons. The summed E-state index contributed by atoms with van der Waals surface area (Å²) in [5.74, 6) is 0.742. The van der Waals surface area contributed by atoms with Crippen LogP contribution in [0, 0.1) is 0 Å². The highest BCUT2D eigenvalue weighted by Crippen LogP contribution is 2.35. The number of halogens is 1. The Kier molecular flexibility index (Phi) is 5.44. The van der Waals surface area contributed by atoms with E-state index in [4.69, 9.17) is 16.0 Å². The molecule has 176 valence electrons. The Balaban J connectivity index is 1.42. The lowest BCUT2D eigenvalue weighted by molar-refractivity contribution is 0.601. The van der Waals surface area contributed by atoms with Gasteiger partial charge in [0, 0.05) is 34.3 Å². The number of nitrogens with one attached hydrogen (secondary N) is 1. The fourth-order valence-corrected chi connectivity index (χ4v) is 5.42. The van der Waals surface area contributed by atoms with Crippen molar-refractivity contribution < 1.29 is 12.8 Å². The first-order valence-electron chi connectivity index (χ1n) is 11.1. The molecule has 3 aromatic heterocycles. The molecule has 36 heavy (non-hydrogen) atoms. The predicted molar refractivity (Wildman–Crippen MR) is 142 cm³/mol. The smallest absolute Gasteiger partial charge is 0.261 e. The summed E-state index contributed by atoms with van der Waals surface area (Å²) in [7, 11) is -3.82. The average Bonchev–Trinajstić information content (AvgIpc) is 3.34. The predicted octanol–water partition coefficient (Wildman–Crippen LogP) is 7.16. The minimum Gasteiger partial charge on any atom is -0.456 e. The number of benzene rings is 3. The molecule has 0 spiro atoms. The molecule has 0 amide bonds. The summed E-state index contributed by atoms with van der Waals surface area (Å²) >= 11 is 6.26. The van der Waals surface area contributed by atoms with E-state index in [-0.39, 0.29) is 15.7 Å². The summed E-state index contributed by atoms with van der Waals surface area (Å²) in [6, 6.07) is 27.4. The van der Waals surface area contributed by atoms with Crippen molar-refractivity contribution in [2.24, 2.45) is 0 Å². The average molecular weight is 512 g/mol. The van der Waals surface area contributed by atoms with Crippen LogP contribution in [0.3, 0.4) is 0 Å². The van der Waals surface area contributed by atoms with Crippen molar-refractivity contribution in [3.05, 3.63) is 109 Å². The van der Waals surface area contributed by atoms with E-state index >= 15 is 0 Å². The molecule has 0 aliphatic carbocycles. The van der Waals surface area contributed by atoms with Crippen LogP contribution in [-0.4, -0.2) is 18.4 Å². The Morgan fingerprint density at radius 3 is 2.44 bits per heavy atom. The van der Waals surface area contributed by atoms with Crippen molar-refractivity contribution in [1.82, 2.24) is 9.97 Å². The van der Waals surface area contributed by atoms with E-state index < -0.39 is 10.0 Å². The van der Waals surface area contributed by atoms with Crippen LogP contribution in [0.1, 0.15) is 0 Å². The lowest BCUT2D eigenvalue weighted by Crippen LogP contribution is -2.13. The van der Waals surface area contributed by atoms with Gasteiger partial charge in [0.25, 0.3) is 10.0 Å². The number of pyridine rings is 2. The monoisotopic (exact) mass is 511 g/mol. The highest BCUT2D eigenvalue weighted by molar-refractivity contribution is 7.92. The number of fused-ring (bicyclic) bond motifs is 2. The lowest BCUT2D eigenvalue weighted by Gasteiger charge is -2.12. The fourth-order valence-electron chi connectivity index (χ4n) is 4.14. The third kappa shape index (κ3) is 4.08. The van der Waals surface area contributed by atoms with Crippen molar-refractivity contribution in [1.29, 1.82) is 0 Å². The standard InChI is InChI=1S/C28H18ClN3O3S/c29-28-25(32-36(33,34)21-7-2-1-3-8-21)15-20(17-31-28)18-10-11-24-23(14-18)22(12-13-30-24)27-16-19-6-4-5-9-26(19)35-27/h1-17,32H. The van der Waals surface area contributed by atoms with Gasteiger partial charge in [-0.15, -0.1) is 0 Å². The van der Waals surface area contributed by atoms with Crippen molar-refractivity contribution in [2.45, 2.75) is 4.90 Å². The quantitative estimate of drug-likeness (QED) is 0.248. The van der Waals surface area contributed by atoms with E-state index in [2.05, 4.69) is 14.7 Å². The molecule has 0 fully saturated rings. The van der Waals surface area contributed by atoms with E-state index in [1.165, 1.54) is 12.1 Å². The number of para-hydroxylation sites is 1. The van der Waals surface area contributed by atoms with Gasteiger partial charge in [-0.2, -0.15) is 0 Å². The van der Waals surface area contributed by atoms with Gasteiger partial charge < -0.3 is 4.42 Å². The maximum atomic E-state index is 12.8. The van der Waals surface area contributed by atoms with Crippen molar-refractivity contribution in [2.75, 3.05) is 4.72 Å². The first-order valence-corrected chi connectivity index (χ1v) is 13.0. The zero-order chi connectivity index (χ0) is 24.7. The Morgan fingerprint density at radius 1 is 0.806 bits per heavy atom. The highest BCUT2D eigenvalue weighted by atomic mass is 35.5. The number of hydrogen-bond donors (Lipinski definition) is 1. The van der Waals surface area contributed by atoms with E-state index in [1.54, 1.807) is 36.7 Å². The minimum absolute atomic E-state index is 0.0590. The number of rotatable bonds is 5. The van der Waals surface area contributed by atoms with Crippen molar-refractivity contribution >= 4 is 49.2 Å². The van der Waals surface area contributed by atoms with Crippen LogP contribution < -0.4 is 4.72 Å². The molecule has 6 aromatic rings. The van der Waals surface area contributed by atoms with Gasteiger partial charge in [0.1, 0.15) is 11.3 Å². The van der Waals surface area contributed by atoms with Gasteiger partial charge in [-0.3, -0.25) is 9.71 Å². The third-order valence-electron chi connectivity index (χ3n) is 5.90. The van der Waals surface area contributed by atoms with Crippen LogP contribution in [0.2, 0.25) is 5.15 Å². The highest BCUT2D eigenvalue weighted by Gasteiger charge is 2.17. The molecule has 0 atom stereocenters. The minimum atomic E-state index is -3.82. The van der Waals surface area contributed by atoms with Gasteiger partial charge in [0.2, 0.25) is 0 Å². The van der Waals surface area contributed by atoms with Gasteiger partial charge in [-0.25, -0.2) is 13.4 Å². The van der Waals surface area contributed by atoms with Gasteiger partial charge in [0.05, 0.1) is 16.1 Å². The zero-order valence-corrected chi connectivity index (χ0v) is 20.3. The molecule has 8 heteroatoms. The molecule has 0 unspecified atom stereocenters. The molecule has 6 nitrogen and oxygen atoms in total. The molecular weight excluding hydrogens is 494 g/mol. The summed E-state index contributed by atoms with van der Waals surface area (Å²) < 4.78 is 34.3. The summed E-state index contributed by atoms with van der Waals surface area (Å²) in [6.45, 7) is 0. The lowest BCUT2D eigenvalue weighted by atomic mass is 10.0. The number of nitrogens with zero attached hydrogens (tertiary/aromatic N) is 2. The molecule has 6 rings (SSSR count). The van der Waals surface area contributed by atoms with Gasteiger partial charge in [0.15, 0.2) is 5.15 Å². The molecule has 1 N–H and O–H groups in total. The first-order chi connectivity index (χ1) is 17.5. The van der Waals surface area contributed by atoms with Crippen LogP contribution >= 0.6 is 11.6 Å². The Morgan fingerprint density at radius 2 is 1.61 bits per heavy atom. The topological polar surface area (TPSA) is 85.1 Å². The van der Waals surface area contributed by atoms with Crippen LogP contribution in [0.15, 0.2) is 113 Å². The zero-order valence-electron chi connectivity index (χ0n) is 18.7. The maximum absolute atomic E-state index is 12.8. The maximum Gasteiger partial charge on any atom is 0.261 e. The molecule has 0 bridgehead atoms. The number of sulfonamides is 1. The molecule has 3 aromatic carbocycles. The second kappa shape index (κ2) is 8.78. The molecular formula is C28H18ClN3O3S. The SMILES string of the molecule is O=S(=O)(Nc1cc(-c2ccc3nccc(-c4cc5ccccc5o4)c3c2)cnc1Cl)c1ccccc1. The Hall–Kier alpha value is -4.20. The second-order valence-corrected chi connectivity index (χ2v) is 10.3. The van der Waals surface area contributed by atoms with E-state index in [0.717, 1.165) is 38.8 Å². The summed E-state index contributed by atoms with van der Waals surface area (Å²) in [4.78, 5) is 8.86. The summed E-state index contributed by atoms with van der Waals surface area (Å²) in [5.41, 5.74) is 4.25. The number of anilines is 1. The van der Waals surface area contributed by atoms with E-state index in [0.29, 0.717) is 5.56 Å². The first kappa shape index (κ1) is 22.3. The van der Waals surface area contributed by atoms with E-state index in [1.807, 2.05) is 54.6 Å². The van der Waals surface area contributed by atoms with E-state index in [9.17, 15) is 8.42 Å². The van der Waals surface area contributed by atoms with Crippen LogP contribution in [0.4, 0.5) is 5.69 Å². The largest absolute Gasteiger partial charge is 0.456 e. The second-order valence-electron chi connectivity index (χ2n) is 8.22.